The second kappa shape index (κ2) is 5.97. The summed E-state index contributed by atoms with van der Waals surface area (Å²) in [4.78, 5) is 10.4. The maximum atomic E-state index is 12.1. The number of carbonyl (C=O) groups is 1. The van der Waals surface area contributed by atoms with Crippen LogP contribution in [-0.2, 0) is 10.0 Å². The summed E-state index contributed by atoms with van der Waals surface area (Å²) in [5.74, 6) is -3.79. The molecule has 23 heavy (non-hydrogen) atoms. The number of hydrogen-bond donors (Lipinski definition) is 1. The summed E-state index contributed by atoms with van der Waals surface area (Å²) < 4.78 is 27.7. The Balaban J connectivity index is 2.42. The number of rotatable bonds is 3. The van der Waals surface area contributed by atoms with E-state index in [4.69, 9.17) is 5.11 Å². The van der Waals surface area contributed by atoms with E-state index in [2.05, 4.69) is 4.40 Å². The number of aromatic carboxylic acids is 1. The lowest BCUT2D eigenvalue weighted by Crippen LogP contribution is -2.20. The number of hydrogen-bond acceptors (Lipinski definition) is 6. The molecule has 1 aromatic rings. The third-order valence-corrected chi connectivity index (χ3v) is 4.11. The molecule has 0 radical (unpaired) electrons. The minimum absolute atomic E-state index is 0.0573. The molecule has 0 unspecified atom stereocenters. The summed E-state index contributed by atoms with van der Waals surface area (Å²) >= 11 is 0. The number of carboxylic acid groups (broad SMARTS) is 1. The summed E-state index contributed by atoms with van der Waals surface area (Å²) in [6, 6.07) is 2.49. The third-order valence-electron chi connectivity index (χ3n) is 2.81. The van der Waals surface area contributed by atoms with Crippen molar-refractivity contribution in [3.63, 3.8) is 0 Å². The molecule has 9 heteroatoms. The van der Waals surface area contributed by atoms with Gasteiger partial charge in [-0.2, -0.15) is 18.8 Å². The Kier molecular flexibility index (Phi) is 4.23. The van der Waals surface area contributed by atoms with Crippen LogP contribution in [0.3, 0.4) is 0 Å². The topological polar surface area (TPSA) is 153 Å². The molecule has 2 rings (SSSR count). The van der Waals surface area contributed by atoms with Crippen molar-refractivity contribution in [1.82, 2.24) is 0 Å². The van der Waals surface area contributed by atoms with Gasteiger partial charge in [-0.1, -0.05) is 24.0 Å². The van der Waals surface area contributed by atoms with E-state index in [9.17, 15) is 28.5 Å². The number of nitrogens with zero attached hydrogens (tertiary/aromatic N) is 1. The van der Waals surface area contributed by atoms with Crippen molar-refractivity contribution in [1.29, 1.82) is 0 Å². The van der Waals surface area contributed by atoms with Crippen molar-refractivity contribution < 1.29 is 33.6 Å². The molecule has 0 amide bonds. The van der Waals surface area contributed by atoms with Crippen molar-refractivity contribution in [2.45, 2.75) is 4.90 Å². The van der Waals surface area contributed by atoms with E-state index in [1.165, 1.54) is 0 Å². The fraction of sp³-hybridized carbons (Fsp3) is 0. The molecule has 0 saturated carbocycles. The van der Waals surface area contributed by atoms with Crippen LogP contribution in [0.15, 0.2) is 63.3 Å². The molecule has 1 N–H and O–H groups in total. The predicted molar refractivity (Wildman–Crippen MR) is 72.8 cm³/mol. The van der Waals surface area contributed by atoms with Gasteiger partial charge >= 0.3 is 5.97 Å². The van der Waals surface area contributed by atoms with E-state index in [-0.39, 0.29) is 11.3 Å². The van der Waals surface area contributed by atoms with Crippen LogP contribution < -0.4 is 15.3 Å². The van der Waals surface area contributed by atoms with E-state index in [0.29, 0.717) is 0 Å². The Morgan fingerprint density at radius 2 is 1.70 bits per heavy atom. The zero-order valence-electron chi connectivity index (χ0n) is 11.3. The van der Waals surface area contributed by atoms with Gasteiger partial charge in [0.05, 0.1) is 16.2 Å². The molecular formula is C14H8NO7S-3. The average molecular weight is 334 g/mol. The highest BCUT2D eigenvalue weighted by Gasteiger charge is 2.16. The van der Waals surface area contributed by atoms with Crippen LogP contribution in [0.2, 0.25) is 0 Å². The van der Waals surface area contributed by atoms with Gasteiger partial charge in [-0.05, 0) is 29.9 Å². The molecule has 8 nitrogen and oxygen atoms in total. The molecule has 0 bridgehead atoms. The summed E-state index contributed by atoms with van der Waals surface area (Å²) in [6.45, 7) is 0. The first-order chi connectivity index (χ1) is 10.7. The molecule has 0 atom stereocenters. The van der Waals surface area contributed by atoms with Gasteiger partial charge in [0.15, 0.2) is 0 Å². The van der Waals surface area contributed by atoms with E-state index in [1.54, 1.807) is 0 Å². The highest BCUT2D eigenvalue weighted by molar-refractivity contribution is 7.90. The molecule has 0 aliphatic heterocycles. The highest BCUT2D eigenvalue weighted by Crippen LogP contribution is 2.21. The predicted octanol–water partition coefficient (Wildman–Crippen LogP) is -1.35. The van der Waals surface area contributed by atoms with Crippen LogP contribution in [0.5, 0.6) is 5.75 Å². The van der Waals surface area contributed by atoms with E-state index in [0.717, 1.165) is 42.5 Å². The molecule has 0 aromatic heterocycles. The molecule has 1 aromatic carbocycles. The van der Waals surface area contributed by atoms with E-state index >= 15 is 0 Å². The SMILES string of the molecule is O=C(O)c1cc(S(=O)(=O)N=C2C=CC(=C([O-])[O-])C=C2)ccc1[O-]. The van der Waals surface area contributed by atoms with Crippen LogP contribution in [0.25, 0.3) is 0 Å². The summed E-state index contributed by atoms with van der Waals surface area (Å²) in [5, 5.41) is 41.4. The molecule has 0 saturated heterocycles. The average Bonchev–Trinajstić information content (AvgIpc) is 2.47. The molecule has 0 fully saturated rings. The number of carboxylic acids is 1. The quantitative estimate of drug-likeness (QED) is 0.670. The van der Waals surface area contributed by atoms with Gasteiger partial charge < -0.3 is 20.4 Å². The lowest BCUT2D eigenvalue weighted by molar-refractivity contribution is -0.514. The van der Waals surface area contributed by atoms with Gasteiger partial charge in [-0.3, -0.25) is 0 Å². The fourth-order valence-corrected chi connectivity index (χ4v) is 2.70. The summed E-state index contributed by atoms with van der Waals surface area (Å²) in [7, 11) is -4.26. The lowest BCUT2D eigenvalue weighted by Gasteiger charge is -2.21. The Hall–Kier alpha value is -3.07. The summed E-state index contributed by atoms with van der Waals surface area (Å²) in [6.07, 6.45) is 4.55. The van der Waals surface area contributed by atoms with Gasteiger partial charge in [0.2, 0.25) is 0 Å². The molecule has 120 valence electrons. The molecule has 1 aliphatic carbocycles. The first kappa shape index (κ1) is 16.3. The highest BCUT2D eigenvalue weighted by atomic mass is 32.2. The maximum Gasteiger partial charge on any atom is 0.335 e. The van der Waals surface area contributed by atoms with Crippen LogP contribution >= 0.6 is 0 Å². The Labute approximate surface area is 130 Å². The van der Waals surface area contributed by atoms with Gasteiger partial charge in [0.25, 0.3) is 10.0 Å². The Morgan fingerprint density at radius 1 is 1.09 bits per heavy atom. The standard InChI is InChI=1S/C14H11NO7S/c16-12-6-5-10(7-11(12)14(19)20)23(21,22)15-9-3-1-8(2-4-9)13(17)18/h1-7,16-18H,(H,19,20)/p-3. The van der Waals surface area contributed by atoms with Gasteiger partial charge in [0.1, 0.15) is 0 Å². The van der Waals surface area contributed by atoms with Crippen molar-refractivity contribution in [2.24, 2.45) is 4.40 Å². The number of sulfonamides is 1. The molecular weight excluding hydrogens is 326 g/mol. The van der Waals surface area contributed by atoms with Crippen LogP contribution in [0.1, 0.15) is 10.4 Å². The van der Waals surface area contributed by atoms with Crippen molar-refractivity contribution in [3.8, 4) is 5.75 Å². The normalized spacial score (nSPS) is 13.9. The van der Waals surface area contributed by atoms with Gasteiger partial charge in [-0.15, -0.1) is 0 Å². The van der Waals surface area contributed by atoms with Crippen molar-refractivity contribution in [2.75, 3.05) is 0 Å². The minimum Gasteiger partial charge on any atom is -0.884 e. The lowest BCUT2D eigenvalue weighted by atomic mass is 10.1. The summed E-state index contributed by atoms with van der Waals surface area (Å²) in [5.41, 5.74) is -0.892. The van der Waals surface area contributed by atoms with Crippen LogP contribution in [0, 0.1) is 0 Å². The first-order valence-electron chi connectivity index (χ1n) is 6.04. The van der Waals surface area contributed by atoms with Gasteiger partial charge in [0, 0.05) is 0 Å². The molecule has 0 heterocycles. The second-order valence-electron chi connectivity index (χ2n) is 4.36. The smallest absolute Gasteiger partial charge is 0.335 e. The fourth-order valence-electron chi connectivity index (χ4n) is 1.69. The first-order valence-corrected chi connectivity index (χ1v) is 7.48. The van der Waals surface area contributed by atoms with Crippen LogP contribution in [0.4, 0.5) is 0 Å². The Bertz CT molecular complexity index is 870. The second-order valence-corrected chi connectivity index (χ2v) is 5.97. The zero-order chi connectivity index (χ0) is 17.2. The number of allylic oxidation sites excluding steroid dienone is 5. The monoisotopic (exact) mass is 334 g/mol. The molecule has 1 aliphatic rings. The zero-order valence-corrected chi connectivity index (χ0v) is 12.1. The number of benzene rings is 1. The van der Waals surface area contributed by atoms with E-state index < -0.39 is 38.1 Å². The largest absolute Gasteiger partial charge is 0.884 e. The maximum absolute atomic E-state index is 12.1. The van der Waals surface area contributed by atoms with E-state index in [1.807, 2.05) is 0 Å². The minimum atomic E-state index is -4.26. The van der Waals surface area contributed by atoms with Crippen molar-refractivity contribution in [3.05, 3.63) is 59.6 Å². The van der Waals surface area contributed by atoms with Gasteiger partial charge in [-0.25, -0.2) is 4.79 Å². The Morgan fingerprint density at radius 3 is 2.22 bits per heavy atom. The molecule has 0 spiro atoms. The van der Waals surface area contributed by atoms with Crippen molar-refractivity contribution >= 4 is 21.7 Å². The third kappa shape index (κ3) is 3.58. The van der Waals surface area contributed by atoms with Crippen LogP contribution in [-0.4, -0.2) is 25.2 Å².